The molecule has 0 saturated carbocycles. The Hall–Kier alpha value is -3.87. The summed E-state index contributed by atoms with van der Waals surface area (Å²) >= 11 is 0. The summed E-state index contributed by atoms with van der Waals surface area (Å²) in [7, 11) is 1.34. The zero-order valence-electron chi connectivity index (χ0n) is 17.8. The highest BCUT2D eigenvalue weighted by molar-refractivity contribution is 5.91. The minimum Gasteiger partial charge on any atom is -0.486 e. The second-order valence-electron chi connectivity index (χ2n) is 7.33. The number of nitrogens with zero attached hydrogens (tertiary/aromatic N) is 1. The molecule has 32 heavy (non-hydrogen) atoms. The van der Waals surface area contributed by atoms with E-state index in [1.165, 1.54) is 7.11 Å². The third kappa shape index (κ3) is 5.24. The highest BCUT2D eigenvalue weighted by Gasteiger charge is 2.13. The summed E-state index contributed by atoms with van der Waals surface area (Å²) in [5.74, 6) is 0.997. The molecule has 7 nitrogen and oxygen atoms in total. The highest BCUT2D eigenvalue weighted by Crippen LogP contribution is 2.34. The molecule has 0 spiro atoms. The van der Waals surface area contributed by atoms with Crippen molar-refractivity contribution >= 4 is 17.6 Å². The number of anilines is 1. The van der Waals surface area contributed by atoms with E-state index in [1.807, 2.05) is 60.7 Å². The number of benzene rings is 2. The Morgan fingerprint density at radius 3 is 2.41 bits per heavy atom. The molecule has 0 atom stereocenters. The first-order valence-electron chi connectivity index (χ1n) is 10.5. The average molecular weight is 432 g/mol. The van der Waals surface area contributed by atoms with Crippen LogP contribution in [0, 0.1) is 0 Å². The molecule has 1 amide bonds. The monoisotopic (exact) mass is 432 g/mol. The Balaban J connectivity index is 1.48. The highest BCUT2D eigenvalue weighted by atomic mass is 16.6. The summed E-state index contributed by atoms with van der Waals surface area (Å²) in [6, 6.07) is 19.2. The van der Waals surface area contributed by atoms with Gasteiger partial charge in [0.25, 0.3) is 0 Å². The van der Waals surface area contributed by atoms with Crippen molar-refractivity contribution in [3.63, 3.8) is 0 Å². The second-order valence-corrected chi connectivity index (χ2v) is 7.33. The van der Waals surface area contributed by atoms with Crippen molar-refractivity contribution in [3.8, 4) is 34.0 Å². The predicted molar refractivity (Wildman–Crippen MR) is 121 cm³/mol. The lowest BCUT2D eigenvalue weighted by molar-refractivity contribution is -0.140. The normalized spacial score (nSPS) is 12.2. The van der Waals surface area contributed by atoms with Crippen LogP contribution in [-0.4, -0.2) is 37.2 Å². The van der Waals surface area contributed by atoms with Gasteiger partial charge in [-0.15, -0.1) is 0 Å². The first-order valence-corrected chi connectivity index (χ1v) is 10.5. The molecule has 0 bridgehead atoms. The SMILES string of the molecule is COC(=O)CCCC(=O)Nc1cccc(-c2cccc(-c3ccc4c(c3)OCCO4)n2)c1. The van der Waals surface area contributed by atoms with E-state index in [1.54, 1.807) is 0 Å². The van der Waals surface area contributed by atoms with Gasteiger partial charge in [-0.1, -0.05) is 18.2 Å². The summed E-state index contributed by atoms with van der Waals surface area (Å²) in [5.41, 5.74) is 4.11. The number of esters is 1. The minimum absolute atomic E-state index is 0.149. The lowest BCUT2D eigenvalue weighted by Crippen LogP contribution is -2.15. The molecule has 0 unspecified atom stereocenters. The Morgan fingerprint density at radius 1 is 0.906 bits per heavy atom. The van der Waals surface area contributed by atoms with Crippen LogP contribution in [0.25, 0.3) is 22.5 Å². The molecule has 2 aromatic carbocycles. The van der Waals surface area contributed by atoms with E-state index in [0.717, 1.165) is 34.0 Å². The fourth-order valence-corrected chi connectivity index (χ4v) is 3.43. The number of carbonyl (C=O) groups is 2. The molecule has 0 saturated heterocycles. The van der Waals surface area contributed by atoms with E-state index < -0.39 is 0 Å². The number of methoxy groups -OCH3 is 1. The molecule has 0 aliphatic carbocycles. The Bertz CT molecular complexity index is 1130. The van der Waals surface area contributed by atoms with Crippen molar-refractivity contribution in [2.45, 2.75) is 19.3 Å². The van der Waals surface area contributed by atoms with Gasteiger partial charge in [-0.25, -0.2) is 4.98 Å². The second kappa shape index (κ2) is 9.96. The summed E-state index contributed by atoms with van der Waals surface area (Å²) in [4.78, 5) is 28.2. The van der Waals surface area contributed by atoms with Crippen LogP contribution >= 0.6 is 0 Å². The Kier molecular flexibility index (Phi) is 6.65. The van der Waals surface area contributed by atoms with Crippen molar-refractivity contribution in [2.75, 3.05) is 25.6 Å². The third-order valence-corrected chi connectivity index (χ3v) is 5.04. The third-order valence-electron chi connectivity index (χ3n) is 5.04. The van der Waals surface area contributed by atoms with Gasteiger partial charge in [0.1, 0.15) is 13.2 Å². The van der Waals surface area contributed by atoms with Gasteiger partial charge < -0.3 is 19.5 Å². The standard InChI is InChI=1S/C25H24N2O5/c1-30-25(29)10-4-9-24(28)26-19-6-2-5-17(15-19)20-7-3-8-21(27-20)18-11-12-22-23(16-18)32-14-13-31-22/h2-3,5-8,11-12,15-16H,4,9-10,13-14H2,1H3,(H,26,28). The average Bonchev–Trinajstić information content (AvgIpc) is 2.84. The van der Waals surface area contributed by atoms with Crippen molar-refractivity contribution < 1.29 is 23.8 Å². The molecular weight excluding hydrogens is 408 g/mol. The molecule has 1 aliphatic heterocycles. The number of hydrogen-bond acceptors (Lipinski definition) is 6. The summed E-state index contributed by atoms with van der Waals surface area (Å²) < 4.78 is 15.9. The topological polar surface area (TPSA) is 86.8 Å². The minimum atomic E-state index is -0.316. The van der Waals surface area contributed by atoms with Gasteiger partial charge >= 0.3 is 5.97 Å². The predicted octanol–water partition coefficient (Wildman–Crippen LogP) is 4.47. The van der Waals surface area contributed by atoms with Crippen molar-refractivity contribution in [3.05, 3.63) is 60.7 Å². The molecule has 2 heterocycles. The van der Waals surface area contributed by atoms with Crippen LogP contribution in [0.15, 0.2) is 60.7 Å². The Morgan fingerprint density at radius 2 is 1.62 bits per heavy atom. The summed E-state index contributed by atoms with van der Waals surface area (Å²) in [6.07, 6.45) is 0.912. The number of hydrogen-bond donors (Lipinski definition) is 1. The number of fused-ring (bicyclic) bond motifs is 1. The number of aromatic nitrogens is 1. The molecular formula is C25H24N2O5. The van der Waals surface area contributed by atoms with E-state index in [0.29, 0.717) is 25.3 Å². The van der Waals surface area contributed by atoms with Gasteiger partial charge in [0, 0.05) is 29.7 Å². The van der Waals surface area contributed by atoms with E-state index in [-0.39, 0.29) is 24.7 Å². The van der Waals surface area contributed by atoms with E-state index in [9.17, 15) is 9.59 Å². The largest absolute Gasteiger partial charge is 0.486 e. The first-order chi connectivity index (χ1) is 15.6. The van der Waals surface area contributed by atoms with E-state index in [4.69, 9.17) is 14.5 Å². The molecule has 1 aromatic heterocycles. The number of ether oxygens (including phenoxy) is 3. The quantitative estimate of drug-likeness (QED) is 0.555. The zero-order valence-corrected chi connectivity index (χ0v) is 17.8. The van der Waals surface area contributed by atoms with Gasteiger partial charge in [-0.3, -0.25) is 9.59 Å². The molecule has 0 radical (unpaired) electrons. The van der Waals surface area contributed by atoms with Gasteiger partial charge in [-0.05, 0) is 48.9 Å². The van der Waals surface area contributed by atoms with Crippen LogP contribution in [-0.2, 0) is 14.3 Å². The van der Waals surface area contributed by atoms with Gasteiger partial charge in [0.15, 0.2) is 11.5 Å². The van der Waals surface area contributed by atoms with Gasteiger partial charge in [-0.2, -0.15) is 0 Å². The lowest BCUT2D eigenvalue weighted by atomic mass is 10.1. The van der Waals surface area contributed by atoms with Crippen LogP contribution in [0.5, 0.6) is 11.5 Å². The van der Waals surface area contributed by atoms with Crippen molar-refractivity contribution in [1.82, 2.24) is 4.98 Å². The summed E-state index contributed by atoms with van der Waals surface area (Å²) in [5, 5.41) is 2.88. The smallest absolute Gasteiger partial charge is 0.305 e. The van der Waals surface area contributed by atoms with Crippen LogP contribution < -0.4 is 14.8 Å². The van der Waals surface area contributed by atoms with Crippen LogP contribution in [0.4, 0.5) is 5.69 Å². The molecule has 0 fully saturated rings. The van der Waals surface area contributed by atoms with Crippen LogP contribution in [0.1, 0.15) is 19.3 Å². The first kappa shape index (κ1) is 21.4. The fourth-order valence-electron chi connectivity index (χ4n) is 3.43. The zero-order chi connectivity index (χ0) is 22.3. The molecule has 1 N–H and O–H groups in total. The number of amides is 1. The molecule has 164 valence electrons. The lowest BCUT2D eigenvalue weighted by Gasteiger charge is -2.18. The summed E-state index contributed by atoms with van der Waals surface area (Å²) in [6.45, 7) is 1.09. The molecule has 3 aromatic rings. The van der Waals surface area contributed by atoms with E-state index in [2.05, 4.69) is 10.1 Å². The van der Waals surface area contributed by atoms with Crippen LogP contribution in [0.3, 0.4) is 0 Å². The number of pyridine rings is 1. The van der Waals surface area contributed by atoms with Crippen LogP contribution in [0.2, 0.25) is 0 Å². The molecule has 1 aliphatic rings. The van der Waals surface area contributed by atoms with E-state index >= 15 is 0 Å². The number of carbonyl (C=O) groups excluding carboxylic acids is 2. The molecule has 7 heteroatoms. The maximum Gasteiger partial charge on any atom is 0.305 e. The maximum atomic E-state index is 12.2. The number of rotatable bonds is 7. The van der Waals surface area contributed by atoms with Crippen molar-refractivity contribution in [1.29, 1.82) is 0 Å². The Labute approximate surface area is 186 Å². The van der Waals surface area contributed by atoms with Gasteiger partial charge in [0.05, 0.1) is 18.5 Å². The fraction of sp³-hybridized carbons (Fsp3) is 0.240. The van der Waals surface area contributed by atoms with Crippen molar-refractivity contribution in [2.24, 2.45) is 0 Å². The van der Waals surface area contributed by atoms with Gasteiger partial charge in [0.2, 0.25) is 5.91 Å². The number of nitrogens with one attached hydrogen (secondary N) is 1. The maximum absolute atomic E-state index is 12.2. The molecule has 4 rings (SSSR count).